The molecule has 0 aromatic heterocycles. The number of fused-ring (bicyclic) bond motifs is 2. The zero-order valence-corrected chi connectivity index (χ0v) is 18.1. The minimum Gasteiger partial charge on any atom is -0.489 e. The van der Waals surface area contributed by atoms with Gasteiger partial charge in [-0.1, -0.05) is 23.7 Å². The van der Waals surface area contributed by atoms with E-state index in [0.29, 0.717) is 42.8 Å². The lowest BCUT2D eigenvalue weighted by Gasteiger charge is -2.29. The van der Waals surface area contributed by atoms with E-state index in [0.717, 1.165) is 28.3 Å². The Hall–Kier alpha value is -2.38. The molecule has 2 amide bonds. The quantitative estimate of drug-likeness (QED) is 0.750. The molecule has 1 N–H and O–H groups in total. The molecule has 0 bridgehead atoms. The molecule has 0 aliphatic carbocycles. The standard InChI is InChI=1S/C22H23ClN2O4S/c23-16-12-15(13-18-22(16)29-10-3-9-28-18)14-24-20(26)6-7-21(27)25-8-11-30-19-5-2-1-4-17(19)25/h1-2,4-5,12-13H,3,6-11,14H2,(H,24,26). The van der Waals surface area contributed by atoms with Gasteiger partial charge >= 0.3 is 0 Å². The summed E-state index contributed by atoms with van der Waals surface area (Å²) in [5, 5.41) is 3.33. The number of hydrogen-bond donors (Lipinski definition) is 1. The third kappa shape index (κ3) is 4.84. The molecule has 0 fully saturated rings. The van der Waals surface area contributed by atoms with E-state index in [-0.39, 0.29) is 24.7 Å². The van der Waals surface area contributed by atoms with Crippen LogP contribution in [0.25, 0.3) is 0 Å². The predicted octanol–water partition coefficient (Wildman–Crippen LogP) is 4.04. The second-order valence-electron chi connectivity index (χ2n) is 7.09. The maximum absolute atomic E-state index is 12.7. The Bertz CT molecular complexity index is 953. The molecule has 158 valence electrons. The van der Waals surface area contributed by atoms with Crippen LogP contribution in [0.15, 0.2) is 41.3 Å². The first kappa shape index (κ1) is 20.9. The van der Waals surface area contributed by atoms with Gasteiger partial charge in [0, 0.05) is 43.0 Å². The summed E-state index contributed by atoms with van der Waals surface area (Å²) in [4.78, 5) is 27.9. The molecule has 2 aliphatic heterocycles. The summed E-state index contributed by atoms with van der Waals surface area (Å²) in [6, 6.07) is 11.5. The zero-order chi connectivity index (χ0) is 20.9. The monoisotopic (exact) mass is 446 g/mol. The maximum Gasteiger partial charge on any atom is 0.227 e. The molecule has 0 radical (unpaired) electrons. The van der Waals surface area contributed by atoms with Crippen molar-refractivity contribution in [1.82, 2.24) is 5.32 Å². The first-order valence-electron chi connectivity index (χ1n) is 9.99. The summed E-state index contributed by atoms with van der Waals surface area (Å²) in [5.41, 5.74) is 1.76. The number of halogens is 1. The Morgan fingerprint density at radius 1 is 1.13 bits per heavy atom. The molecule has 6 nitrogen and oxygen atoms in total. The molecule has 8 heteroatoms. The number of ether oxygens (including phenoxy) is 2. The van der Waals surface area contributed by atoms with Crippen molar-refractivity contribution in [3.63, 3.8) is 0 Å². The van der Waals surface area contributed by atoms with E-state index in [2.05, 4.69) is 5.32 Å². The molecule has 0 saturated carbocycles. The van der Waals surface area contributed by atoms with Crippen LogP contribution in [0, 0.1) is 0 Å². The van der Waals surface area contributed by atoms with Crippen LogP contribution in [0.3, 0.4) is 0 Å². The topological polar surface area (TPSA) is 67.9 Å². The van der Waals surface area contributed by atoms with E-state index < -0.39 is 0 Å². The average Bonchev–Trinajstić information content (AvgIpc) is 3.01. The fraction of sp³-hybridized carbons (Fsp3) is 0.364. The zero-order valence-electron chi connectivity index (χ0n) is 16.5. The highest BCUT2D eigenvalue weighted by molar-refractivity contribution is 7.99. The molecule has 2 aromatic rings. The van der Waals surface area contributed by atoms with Crippen molar-refractivity contribution in [2.75, 3.05) is 30.4 Å². The number of benzene rings is 2. The highest BCUT2D eigenvalue weighted by atomic mass is 35.5. The van der Waals surface area contributed by atoms with Crippen molar-refractivity contribution in [2.24, 2.45) is 0 Å². The molecule has 0 unspecified atom stereocenters. The smallest absolute Gasteiger partial charge is 0.227 e. The number of thioether (sulfide) groups is 1. The molecule has 0 saturated heterocycles. The molecule has 0 atom stereocenters. The number of carbonyl (C=O) groups excluding carboxylic acids is 2. The van der Waals surface area contributed by atoms with Crippen molar-refractivity contribution in [2.45, 2.75) is 30.7 Å². The van der Waals surface area contributed by atoms with Gasteiger partial charge in [-0.05, 0) is 29.8 Å². The van der Waals surface area contributed by atoms with Gasteiger partial charge < -0.3 is 19.7 Å². The van der Waals surface area contributed by atoms with Crippen LogP contribution in [0.1, 0.15) is 24.8 Å². The van der Waals surface area contributed by atoms with Crippen molar-refractivity contribution in [3.8, 4) is 11.5 Å². The van der Waals surface area contributed by atoms with Gasteiger partial charge in [-0.3, -0.25) is 9.59 Å². The lowest BCUT2D eigenvalue weighted by Crippen LogP contribution is -2.36. The molecule has 0 spiro atoms. The Balaban J connectivity index is 1.30. The summed E-state index contributed by atoms with van der Waals surface area (Å²) in [6.07, 6.45) is 1.11. The second kappa shape index (κ2) is 9.62. The van der Waals surface area contributed by atoms with Crippen LogP contribution in [0.4, 0.5) is 5.69 Å². The number of anilines is 1. The van der Waals surface area contributed by atoms with E-state index >= 15 is 0 Å². The highest BCUT2D eigenvalue weighted by Gasteiger charge is 2.23. The molecule has 4 rings (SSSR count). The van der Waals surface area contributed by atoms with Crippen LogP contribution in [0.5, 0.6) is 11.5 Å². The normalized spacial score (nSPS) is 15.2. The van der Waals surface area contributed by atoms with E-state index in [1.807, 2.05) is 30.3 Å². The number of hydrogen-bond acceptors (Lipinski definition) is 5. The molecule has 2 aromatic carbocycles. The number of rotatable bonds is 5. The van der Waals surface area contributed by atoms with E-state index in [4.69, 9.17) is 21.1 Å². The van der Waals surface area contributed by atoms with Gasteiger partial charge in [-0.25, -0.2) is 0 Å². The van der Waals surface area contributed by atoms with Gasteiger partial charge in [0.1, 0.15) is 0 Å². The first-order chi connectivity index (χ1) is 14.6. The Morgan fingerprint density at radius 2 is 1.97 bits per heavy atom. The number of nitrogens with one attached hydrogen (secondary N) is 1. The van der Waals surface area contributed by atoms with Gasteiger partial charge in [0.25, 0.3) is 0 Å². The summed E-state index contributed by atoms with van der Waals surface area (Å²) in [5.74, 6) is 1.80. The minimum atomic E-state index is -0.175. The lowest BCUT2D eigenvalue weighted by atomic mass is 10.2. The summed E-state index contributed by atoms with van der Waals surface area (Å²) >= 11 is 8.04. The number of carbonyl (C=O) groups is 2. The van der Waals surface area contributed by atoms with Crippen LogP contribution in [-0.2, 0) is 16.1 Å². The van der Waals surface area contributed by atoms with Crippen molar-refractivity contribution in [3.05, 3.63) is 47.0 Å². The van der Waals surface area contributed by atoms with Crippen LogP contribution in [-0.4, -0.2) is 37.3 Å². The van der Waals surface area contributed by atoms with Crippen molar-refractivity contribution in [1.29, 1.82) is 0 Å². The fourth-order valence-electron chi connectivity index (χ4n) is 3.46. The van der Waals surface area contributed by atoms with E-state index in [1.165, 1.54) is 0 Å². The summed E-state index contributed by atoms with van der Waals surface area (Å²) in [7, 11) is 0. The molecule has 30 heavy (non-hydrogen) atoms. The Labute approximate surface area is 184 Å². The molecular formula is C22H23ClN2O4S. The number of para-hydroxylation sites is 1. The second-order valence-corrected chi connectivity index (χ2v) is 8.64. The summed E-state index contributed by atoms with van der Waals surface area (Å²) < 4.78 is 11.3. The lowest BCUT2D eigenvalue weighted by molar-refractivity contribution is -0.125. The SMILES string of the molecule is O=C(CCC(=O)N1CCSc2ccccc21)NCc1cc(Cl)c2c(c1)OCCCO2. The predicted molar refractivity (Wildman–Crippen MR) is 118 cm³/mol. The van der Waals surface area contributed by atoms with Gasteiger partial charge in [0.15, 0.2) is 11.5 Å². The highest BCUT2D eigenvalue weighted by Crippen LogP contribution is 2.38. The Morgan fingerprint density at radius 3 is 2.87 bits per heavy atom. The van der Waals surface area contributed by atoms with Crippen molar-refractivity contribution >= 4 is 40.9 Å². The largest absolute Gasteiger partial charge is 0.489 e. The molecule has 2 aliphatic rings. The van der Waals surface area contributed by atoms with E-state index in [1.54, 1.807) is 22.7 Å². The van der Waals surface area contributed by atoms with Gasteiger partial charge in [-0.15, -0.1) is 11.8 Å². The molecule has 2 heterocycles. The first-order valence-corrected chi connectivity index (χ1v) is 11.3. The average molecular weight is 447 g/mol. The maximum atomic E-state index is 12.7. The van der Waals surface area contributed by atoms with Crippen LogP contribution < -0.4 is 19.7 Å². The third-order valence-corrected chi connectivity index (χ3v) is 6.27. The van der Waals surface area contributed by atoms with Crippen LogP contribution in [0.2, 0.25) is 5.02 Å². The fourth-order valence-corrected chi connectivity index (χ4v) is 4.74. The van der Waals surface area contributed by atoms with E-state index in [9.17, 15) is 9.59 Å². The number of amides is 2. The Kier molecular flexibility index (Phi) is 6.69. The van der Waals surface area contributed by atoms with Crippen molar-refractivity contribution < 1.29 is 19.1 Å². The van der Waals surface area contributed by atoms with Gasteiger partial charge in [-0.2, -0.15) is 0 Å². The van der Waals surface area contributed by atoms with Gasteiger partial charge in [0.2, 0.25) is 11.8 Å². The van der Waals surface area contributed by atoms with Gasteiger partial charge in [0.05, 0.1) is 23.9 Å². The third-order valence-electron chi connectivity index (χ3n) is 4.95. The summed E-state index contributed by atoms with van der Waals surface area (Å²) in [6.45, 7) is 2.11. The van der Waals surface area contributed by atoms with Crippen LogP contribution >= 0.6 is 23.4 Å². The minimum absolute atomic E-state index is 0.0310. The number of nitrogens with zero attached hydrogens (tertiary/aromatic N) is 1. The molecular weight excluding hydrogens is 424 g/mol.